The van der Waals surface area contributed by atoms with Crippen LogP contribution < -0.4 is 10.6 Å². The number of hydrogen-bond acceptors (Lipinski definition) is 7. The monoisotopic (exact) mass is 606 g/mol. The maximum absolute atomic E-state index is 13.8. The van der Waals surface area contributed by atoms with Crippen LogP contribution in [0.1, 0.15) is 51.2 Å². The standard InChI is InChI=1S/C32H38N4O8/c1-32(2,3)44-27(37)17-24(35-31(42)43-19-20-10-5-4-6-11-20)28(38)34-25(29(39)36-15-9-14-26(36)30(40)41)16-21-18-33-23-13-8-7-12-22(21)23/h4-8,10-13,18,24-26,33H,9,14-17,19H2,1-3H3,(H,34,38)(H,35,42)(H,40,41). The summed E-state index contributed by atoms with van der Waals surface area (Å²) in [6, 6.07) is 12.7. The highest BCUT2D eigenvalue weighted by Crippen LogP contribution is 2.23. The lowest BCUT2D eigenvalue weighted by Crippen LogP contribution is -2.57. The van der Waals surface area contributed by atoms with E-state index in [4.69, 9.17) is 9.47 Å². The number of carbonyl (C=O) groups is 5. The summed E-state index contributed by atoms with van der Waals surface area (Å²) in [5.41, 5.74) is 1.43. The lowest BCUT2D eigenvalue weighted by Gasteiger charge is -2.29. The summed E-state index contributed by atoms with van der Waals surface area (Å²) in [4.78, 5) is 69.3. The molecule has 234 valence electrons. The number of amides is 3. The molecule has 12 nitrogen and oxygen atoms in total. The van der Waals surface area contributed by atoms with Gasteiger partial charge in [0.15, 0.2) is 0 Å². The minimum absolute atomic E-state index is 0.0367. The molecule has 1 aromatic heterocycles. The lowest BCUT2D eigenvalue weighted by molar-refractivity contribution is -0.156. The van der Waals surface area contributed by atoms with Crippen molar-refractivity contribution in [2.45, 2.75) is 76.8 Å². The third kappa shape index (κ3) is 8.59. The van der Waals surface area contributed by atoms with Gasteiger partial charge in [-0.05, 0) is 50.8 Å². The summed E-state index contributed by atoms with van der Waals surface area (Å²) in [5.74, 6) is -3.27. The van der Waals surface area contributed by atoms with Crippen LogP contribution in [0.2, 0.25) is 0 Å². The van der Waals surface area contributed by atoms with Crippen molar-refractivity contribution < 1.29 is 38.6 Å². The Kier molecular flexibility index (Phi) is 10.2. The maximum Gasteiger partial charge on any atom is 0.408 e. The molecular weight excluding hydrogens is 568 g/mol. The van der Waals surface area contributed by atoms with Crippen molar-refractivity contribution in [3.05, 3.63) is 71.9 Å². The molecule has 0 aliphatic carbocycles. The van der Waals surface area contributed by atoms with Crippen LogP contribution in [0, 0.1) is 0 Å². The van der Waals surface area contributed by atoms with Gasteiger partial charge in [0, 0.05) is 30.1 Å². The van der Waals surface area contributed by atoms with Gasteiger partial charge in [-0.3, -0.25) is 14.4 Å². The maximum atomic E-state index is 13.8. The first-order valence-corrected chi connectivity index (χ1v) is 14.5. The van der Waals surface area contributed by atoms with Crippen molar-refractivity contribution in [2.75, 3.05) is 6.54 Å². The minimum Gasteiger partial charge on any atom is -0.480 e. The molecule has 2 heterocycles. The highest BCUT2D eigenvalue weighted by molar-refractivity contribution is 5.95. The minimum atomic E-state index is -1.44. The number of carboxylic acid groups (broad SMARTS) is 1. The van der Waals surface area contributed by atoms with Gasteiger partial charge in [-0.1, -0.05) is 48.5 Å². The summed E-state index contributed by atoms with van der Waals surface area (Å²) < 4.78 is 10.7. The fraction of sp³-hybridized carbons (Fsp3) is 0.406. The van der Waals surface area contributed by atoms with E-state index < -0.39 is 60.0 Å². The van der Waals surface area contributed by atoms with Crippen LogP contribution in [-0.2, 0) is 41.7 Å². The van der Waals surface area contributed by atoms with E-state index in [-0.39, 0.29) is 19.6 Å². The van der Waals surface area contributed by atoms with E-state index in [1.807, 2.05) is 30.3 Å². The fourth-order valence-corrected chi connectivity index (χ4v) is 5.15. The highest BCUT2D eigenvalue weighted by atomic mass is 16.6. The van der Waals surface area contributed by atoms with Crippen LogP contribution in [0.3, 0.4) is 0 Å². The Morgan fingerprint density at radius 1 is 1.00 bits per heavy atom. The Labute approximate surface area is 255 Å². The first-order valence-electron chi connectivity index (χ1n) is 14.5. The Balaban J connectivity index is 1.57. The van der Waals surface area contributed by atoms with Crippen LogP contribution in [0.4, 0.5) is 4.79 Å². The molecule has 3 aromatic rings. The number of hydrogen-bond donors (Lipinski definition) is 4. The van der Waals surface area contributed by atoms with E-state index in [9.17, 15) is 29.1 Å². The summed E-state index contributed by atoms with van der Waals surface area (Å²) in [5, 5.41) is 15.7. The zero-order chi connectivity index (χ0) is 31.9. The Bertz CT molecular complexity index is 1500. The van der Waals surface area contributed by atoms with Crippen molar-refractivity contribution in [3.8, 4) is 0 Å². The smallest absolute Gasteiger partial charge is 0.408 e. The molecule has 0 radical (unpaired) electrons. The van der Waals surface area contributed by atoms with Gasteiger partial charge in [-0.25, -0.2) is 9.59 Å². The fourth-order valence-electron chi connectivity index (χ4n) is 5.15. The SMILES string of the molecule is CC(C)(C)OC(=O)CC(NC(=O)OCc1ccccc1)C(=O)NC(Cc1c[nH]c2ccccc12)C(=O)N1CCCC1C(=O)O. The van der Waals surface area contributed by atoms with Gasteiger partial charge in [0.05, 0.1) is 6.42 Å². The number of H-pyrrole nitrogens is 1. The molecule has 3 amide bonds. The first kappa shape index (κ1) is 32.1. The zero-order valence-corrected chi connectivity index (χ0v) is 25.0. The molecule has 1 fully saturated rings. The van der Waals surface area contributed by atoms with E-state index in [0.29, 0.717) is 12.8 Å². The Morgan fingerprint density at radius 2 is 1.70 bits per heavy atom. The second-order valence-corrected chi connectivity index (χ2v) is 11.7. The van der Waals surface area contributed by atoms with Crippen molar-refractivity contribution in [3.63, 3.8) is 0 Å². The average molecular weight is 607 g/mol. The molecule has 2 aromatic carbocycles. The molecule has 44 heavy (non-hydrogen) atoms. The average Bonchev–Trinajstić information content (AvgIpc) is 3.62. The van der Waals surface area contributed by atoms with Crippen LogP contribution in [0.5, 0.6) is 0 Å². The van der Waals surface area contributed by atoms with Gasteiger partial charge >= 0.3 is 18.0 Å². The second kappa shape index (κ2) is 14.1. The molecule has 0 spiro atoms. The summed E-state index contributed by atoms with van der Waals surface area (Å²) in [7, 11) is 0. The van der Waals surface area contributed by atoms with Crippen LogP contribution >= 0.6 is 0 Å². The van der Waals surface area contributed by atoms with Gasteiger partial charge in [0.1, 0.15) is 30.3 Å². The van der Waals surface area contributed by atoms with Crippen LogP contribution in [0.25, 0.3) is 10.9 Å². The summed E-state index contributed by atoms with van der Waals surface area (Å²) >= 11 is 0. The quantitative estimate of drug-likeness (QED) is 0.241. The number of likely N-dealkylation sites (tertiary alicyclic amines) is 1. The van der Waals surface area contributed by atoms with Crippen molar-refractivity contribution in [1.29, 1.82) is 0 Å². The molecule has 1 aliphatic rings. The number of nitrogens with one attached hydrogen (secondary N) is 3. The van der Waals surface area contributed by atoms with Gasteiger partial charge < -0.3 is 35.1 Å². The first-order chi connectivity index (χ1) is 20.9. The number of ether oxygens (including phenoxy) is 2. The van der Waals surface area contributed by atoms with Gasteiger partial charge in [0.25, 0.3) is 0 Å². The molecule has 1 aliphatic heterocycles. The predicted octanol–water partition coefficient (Wildman–Crippen LogP) is 3.30. The third-order valence-electron chi connectivity index (χ3n) is 7.15. The number of carboxylic acids is 1. The normalized spacial score (nSPS) is 16.2. The number of alkyl carbamates (subject to hydrolysis) is 1. The molecule has 4 N–H and O–H groups in total. The Morgan fingerprint density at radius 3 is 2.41 bits per heavy atom. The number of carbonyl (C=O) groups excluding carboxylic acids is 4. The zero-order valence-electron chi connectivity index (χ0n) is 25.0. The number of nitrogens with zero attached hydrogens (tertiary/aromatic N) is 1. The third-order valence-corrected chi connectivity index (χ3v) is 7.15. The van der Waals surface area contributed by atoms with Gasteiger partial charge in [-0.2, -0.15) is 0 Å². The second-order valence-electron chi connectivity index (χ2n) is 11.7. The number of aromatic nitrogens is 1. The molecule has 12 heteroatoms. The van der Waals surface area contributed by atoms with Crippen molar-refractivity contribution in [1.82, 2.24) is 20.5 Å². The highest BCUT2D eigenvalue weighted by Gasteiger charge is 2.39. The number of aromatic amines is 1. The summed E-state index contributed by atoms with van der Waals surface area (Å²) in [6.07, 6.45) is 1.10. The van der Waals surface area contributed by atoms with Crippen LogP contribution in [0.15, 0.2) is 60.8 Å². The largest absolute Gasteiger partial charge is 0.480 e. The van der Waals surface area contributed by atoms with E-state index in [1.165, 1.54) is 4.90 Å². The van der Waals surface area contributed by atoms with Gasteiger partial charge in [0.2, 0.25) is 11.8 Å². The Hall–Kier alpha value is -4.87. The van der Waals surface area contributed by atoms with E-state index in [2.05, 4.69) is 15.6 Å². The van der Waals surface area contributed by atoms with E-state index >= 15 is 0 Å². The number of para-hydroxylation sites is 1. The van der Waals surface area contributed by atoms with E-state index in [0.717, 1.165) is 22.0 Å². The number of benzene rings is 2. The van der Waals surface area contributed by atoms with Crippen molar-refractivity contribution >= 4 is 40.7 Å². The molecular formula is C32H38N4O8. The van der Waals surface area contributed by atoms with Crippen molar-refractivity contribution in [2.24, 2.45) is 0 Å². The molecule has 1 saturated heterocycles. The lowest BCUT2D eigenvalue weighted by atomic mass is 10.0. The molecule has 0 bridgehead atoms. The predicted molar refractivity (Wildman–Crippen MR) is 160 cm³/mol. The van der Waals surface area contributed by atoms with E-state index in [1.54, 1.807) is 51.2 Å². The number of rotatable bonds is 11. The number of aliphatic carboxylic acids is 1. The van der Waals surface area contributed by atoms with Crippen LogP contribution in [-0.4, -0.2) is 75.1 Å². The van der Waals surface area contributed by atoms with Gasteiger partial charge in [-0.15, -0.1) is 0 Å². The molecule has 4 rings (SSSR count). The molecule has 3 atom stereocenters. The molecule has 3 unspecified atom stereocenters. The number of esters is 1. The number of fused-ring (bicyclic) bond motifs is 1. The topological polar surface area (TPSA) is 167 Å². The molecule has 0 saturated carbocycles. The summed E-state index contributed by atoms with van der Waals surface area (Å²) in [6.45, 7) is 5.17.